The largest absolute Gasteiger partial charge is 0.497 e. The molecule has 0 spiro atoms. The number of nitrogens with one attached hydrogen (secondary N) is 1. The second-order valence-corrected chi connectivity index (χ2v) is 9.86. The van der Waals surface area contributed by atoms with Crippen molar-refractivity contribution in [3.8, 4) is 11.5 Å². The van der Waals surface area contributed by atoms with Crippen LogP contribution >= 0.6 is 0 Å². The molecule has 168 valence electrons. The van der Waals surface area contributed by atoms with E-state index in [1.807, 2.05) is 13.8 Å². The van der Waals surface area contributed by atoms with E-state index in [9.17, 15) is 22.0 Å². The maximum absolute atomic E-state index is 13.6. The van der Waals surface area contributed by atoms with Crippen LogP contribution in [0, 0.1) is 11.6 Å². The number of carbonyl (C=O) groups excluding carboxylic acids is 1. The quantitative estimate of drug-likeness (QED) is 0.725. The lowest BCUT2D eigenvalue weighted by Crippen LogP contribution is -2.45. The van der Waals surface area contributed by atoms with E-state index in [1.165, 1.54) is 7.11 Å². The second-order valence-electron chi connectivity index (χ2n) is 7.96. The molecule has 31 heavy (non-hydrogen) atoms. The molecule has 0 aromatic heterocycles. The van der Waals surface area contributed by atoms with Gasteiger partial charge in [0.2, 0.25) is 15.9 Å². The number of hydrogen-bond donors (Lipinski definition) is 1. The van der Waals surface area contributed by atoms with Crippen molar-refractivity contribution in [2.45, 2.75) is 31.9 Å². The van der Waals surface area contributed by atoms with E-state index in [4.69, 9.17) is 9.47 Å². The third-order valence-corrected chi connectivity index (χ3v) is 6.03. The molecule has 0 saturated heterocycles. The van der Waals surface area contributed by atoms with Gasteiger partial charge in [-0.1, -0.05) is 0 Å². The SMILES string of the molecule is COc1ccc2c(c1)OC(C)(C)CC2NC(=O)CN(c1ccc(F)c(F)c1)S(C)(=O)=O. The van der Waals surface area contributed by atoms with Crippen molar-refractivity contribution in [1.29, 1.82) is 0 Å². The minimum atomic E-state index is -3.93. The zero-order valence-corrected chi connectivity index (χ0v) is 18.4. The monoisotopic (exact) mass is 454 g/mol. The minimum absolute atomic E-state index is 0.144. The van der Waals surface area contributed by atoms with Crippen molar-refractivity contribution < 1.29 is 31.5 Å². The molecule has 3 rings (SSSR count). The summed E-state index contributed by atoms with van der Waals surface area (Å²) in [6.45, 7) is 3.16. The number of nitrogens with zero attached hydrogens (tertiary/aromatic N) is 1. The molecule has 0 fully saturated rings. The van der Waals surface area contributed by atoms with Crippen molar-refractivity contribution in [1.82, 2.24) is 5.32 Å². The molecule has 1 aliphatic heterocycles. The van der Waals surface area contributed by atoms with Gasteiger partial charge in [-0.2, -0.15) is 0 Å². The van der Waals surface area contributed by atoms with E-state index in [-0.39, 0.29) is 5.69 Å². The van der Waals surface area contributed by atoms with Crippen LogP contribution in [0.15, 0.2) is 36.4 Å². The van der Waals surface area contributed by atoms with Crippen molar-refractivity contribution in [2.24, 2.45) is 0 Å². The molecule has 0 radical (unpaired) electrons. The lowest BCUT2D eigenvalue weighted by Gasteiger charge is -2.38. The number of ether oxygens (including phenoxy) is 2. The zero-order chi connectivity index (χ0) is 23.0. The molecule has 7 nitrogen and oxygen atoms in total. The number of benzene rings is 2. The normalized spacial score (nSPS) is 17.3. The second kappa shape index (κ2) is 8.33. The average Bonchev–Trinajstić information content (AvgIpc) is 2.66. The Balaban J connectivity index is 1.85. The first-order valence-electron chi connectivity index (χ1n) is 9.49. The molecule has 2 aromatic rings. The molecular formula is C21H24F2N2O5S. The smallest absolute Gasteiger partial charge is 0.241 e. The Bertz CT molecular complexity index is 1100. The van der Waals surface area contributed by atoms with Crippen LogP contribution in [0.4, 0.5) is 14.5 Å². The van der Waals surface area contributed by atoms with Crippen LogP contribution in [0.2, 0.25) is 0 Å². The molecule has 1 aliphatic rings. The summed E-state index contributed by atoms with van der Waals surface area (Å²) in [6, 6.07) is 7.45. The minimum Gasteiger partial charge on any atom is -0.497 e. The third kappa shape index (κ3) is 5.25. The predicted molar refractivity (Wildman–Crippen MR) is 112 cm³/mol. The highest BCUT2D eigenvalue weighted by molar-refractivity contribution is 7.92. The first-order chi connectivity index (χ1) is 14.4. The molecule has 0 saturated carbocycles. The Morgan fingerprint density at radius 1 is 1.23 bits per heavy atom. The van der Waals surface area contributed by atoms with Crippen molar-refractivity contribution in [3.63, 3.8) is 0 Å². The van der Waals surface area contributed by atoms with E-state index in [1.54, 1.807) is 18.2 Å². The number of carbonyl (C=O) groups is 1. The number of hydrogen-bond acceptors (Lipinski definition) is 5. The van der Waals surface area contributed by atoms with Gasteiger partial charge in [0, 0.05) is 24.1 Å². The summed E-state index contributed by atoms with van der Waals surface area (Å²) >= 11 is 0. The number of fused-ring (bicyclic) bond motifs is 1. The van der Waals surface area contributed by atoms with Gasteiger partial charge < -0.3 is 14.8 Å². The Kier molecular flexibility index (Phi) is 6.13. The van der Waals surface area contributed by atoms with E-state index in [0.717, 1.165) is 34.3 Å². The van der Waals surface area contributed by atoms with Crippen molar-refractivity contribution in [2.75, 3.05) is 24.2 Å². The van der Waals surface area contributed by atoms with Gasteiger partial charge in [-0.05, 0) is 38.1 Å². The van der Waals surface area contributed by atoms with Crippen LogP contribution in [-0.4, -0.2) is 39.8 Å². The number of sulfonamides is 1. The zero-order valence-electron chi connectivity index (χ0n) is 17.6. The maximum atomic E-state index is 13.6. The maximum Gasteiger partial charge on any atom is 0.241 e. The Morgan fingerprint density at radius 3 is 2.55 bits per heavy atom. The van der Waals surface area contributed by atoms with Crippen molar-refractivity contribution >= 4 is 21.6 Å². The van der Waals surface area contributed by atoms with Crippen LogP contribution in [0.25, 0.3) is 0 Å². The van der Waals surface area contributed by atoms with Gasteiger partial charge in [-0.15, -0.1) is 0 Å². The molecule has 1 unspecified atom stereocenters. The topological polar surface area (TPSA) is 84.9 Å². The fourth-order valence-electron chi connectivity index (χ4n) is 3.50. The Morgan fingerprint density at radius 2 is 1.94 bits per heavy atom. The summed E-state index contributed by atoms with van der Waals surface area (Å²) in [4.78, 5) is 12.8. The number of halogens is 2. The lowest BCUT2D eigenvalue weighted by atomic mass is 9.89. The highest BCUT2D eigenvalue weighted by Crippen LogP contribution is 2.41. The Labute approximate surface area is 180 Å². The van der Waals surface area contributed by atoms with Gasteiger partial charge in [0.1, 0.15) is 23.6 Å². The summed E-state index contributed by atoms with van der Waals surface area (Å²) < 4.78 is 63.3. The third-order valence-electron chi connectivity index (χ3n) is 4.89. The van der Waals surface area contributed by atoms with Gasteiger partial charge in [-0.3, -0.25) is 9.10 Å². The molecule has 1 heterocycles. The molecule has 10 heteroatoms. The summed E-state index contributed by atoms with van der Waals surface area (Å²) in [5.74, 6) is -1.76. The van der Waals surface area contributed by atoms with Gasteiger partial charge in [0.15, 0.2) is 11.6 Å². The molecule has 1 atom stereocenters. The van der Waals surface area contributed by atoms with Crippen LogP contribution in [-0.2, 0) is 14.8 Å². The molecule has 1 amide bonds. The summed E-state index contributed by atoms with van der Waals surface area (Å²) in [6.07, 6.45) is 1.34. The molecule has 1 N–H and O–H groups in total. The predicted octanol–water partition coefficient (Wildman–Crippen LogP) is 3.16. The first-order valence-corrected chi connectivity index (χ1v) is 11.3. The molecule has 2 aromatic carbocycles. The van der Waals surface area contributed by atoms with Crippen LogP contribution < -0.4 is 19.1 Å². The summed E-state index contributed by atoms with van der Waals surface area (Å²) in [5.41, 5.74) is -0.00492. The first kappa shape index (κ1) is 22.8. The highest BCUT2D eigenvalue weighted by atomic mass is 32.2. The molecular weight excluding hydrogens is 430 g/mol. The molecule has 0 bridgehead atoms. The average molecular weight is 454 g/mol. The number of anilines is 1. The number of rotatable bonds is 6. The van der Waals surface area contributed by atoms with Gasteiger partial charge >= 0.3 is 0 Å². The van der Waals surface area contributed by atoms with Gasteiger partial charge in [0.05, 0.1) is 25.1 Å². The van der Waals surface area contributed by atoms with E-state index >= 15 is 0 Å². The van der Waals surface area contributed by atoms with E-state index < -0.39 is 45.8 Å². The van der Waals surface area contributed by atoms with E-state index in [2.05, 4.69) is 5.32 Å². The summed E-state index contributed by atoms with van der Waals surface area (Å²) in [7, 11) is -2.40. The standard InChI is InChI=1S/C21H24F2N2O5S/c1-21(2)11-18(15-7-6-14(29-3)10-19(15)30-21)24-20(26)12-25(31(4,27)28)13-5-8-16(22)17(23)9-13/h5-10,18H,11-12H2,1-4H3,(H,24,26). The fourth-order valence-corrected chi connectivity index (χ4v) is 4.35. The fraction of sp³-hybridized carbons (Fsp3) is 0.381. The van der Waals surface area contributed by atoms with Crippen LogP contribution in [0.5, 0.6) is 11.5 Å². The van der Waals surface area contributed by atoms with Gasteiger partial charge in [0.25, 0.3) is 0 Å². The van der Waals surface area contributed by atoms with Crippen LogP contribution in [0.3, 0.4) is 0 Å². The lowest BCUT2D eigenvalue weighted by molar-refractivity contribution is -0.120. The van der Waals surface area contributed by atoms with Crippen LogP contribution in [0.1, 0.15) is 31.9 Å². The van der Waals surface area contributed by atoms with E-state index in [0.29, 0.717) is 17.9 Å². The number of amides is 1. The summed E-state index contributed by atoms with van der Waals surface area (Å²) in [5, 5.41) is 2.83. The number of methoxy groups -OCH3 is 1. The Hall–Kier alpha value is -2.88. The molecule has 0 aliphatic carbocycles. The van der Waals surface area contributed by atoms with Gasteiger partial charge in [-0.25, -0.2) is 17.2 Å². The van der Waals surface area contributed by atoms with Crippen molar-refractivity contribution in [3.05, 3.63) is 53.6 Å². The highest BCUT2D eigenvalue weighted by Gasteiger charge is 2.35.